The molecule has 116 valence electrons. The molecule has 0 atom stereocenters. The molecule has 3 nitrogen and oxygen atoms in total. The van der Waals surface area contributed by atoms with Crippen molar-refractivity contribution in [1.82, 2.24) is 5.32 Å². The second kappa shape index (κ2) is 9.23. The highest BCUT2D eigenvalue weighted by Gasteiger charge is 2.02. The van der Waals surface area contributed by atoms with Gasteiger partial charge in [-0.15, -0.1) is 0 Å². The molecule has 0 fully saturated rings. The van der Waals surface area contributed by atoms with Gasteiger partial charge in [0, 0.05) is 23.7 Å². The number of hydrogen-bond donors (Lipinski definition) is 2. The maximum Gasteiger partial charge on any atom is 0.225 e. The van der Waals surface area contributed by atoms with Crippen LogP contribution in [0.4, 0.5) is 5.69 Å². The second-order valence-corrected chi connectivity index (χ2v) is 5.58. The van der Waals surface area contributed by atoms with Gasteiger partial charge in [0.05, 0.1) is 0 Å². The zero-order valence-electron chi connectivity index (χ0n) is 12.5. The Morgan fingerprint density at radius 1 is 1.00 bits per heavy atom. The molecule has 0 heterocycles. The normalized spacial score (nSPS) is 10.4. The smallest absolute Gasteiger partial charge is 0.225 e. The topological polar surface area (TPSA) is 41.1 Å². The molecular weight excluding hydrogens is 296 g/mol. The Labute approximate surface area is 136 Å². The van der Waals surface area contributed by atoms with Crippen LogP contribution in [0.2, 0.25) is 5.02 Å². The van der Waals surface area contributed by atoms with Crippen molar-refractivity contribution >= 4 is 23.2 Å². The van der Waals surface area contributed by atoms with Crippen LogP contribution in [0.3, 0.4) is 0 Å². The van der Waals surface area contributed by atoms with E-state index >= 15 is 0 Å². The van der Waals surface area contributed by atoms with Crippen molar-refractivity contribution in [2.45, 2.75) is 19.3 Å². The highest BCUT2D eigenvalue weighted by molar-refractivity contribution is 6.30. The van der Waals surface area contributed by atoms with Gasteiger partial charge in [0.15, 0.2) is 0 Å². The van der Waals surface area contributed by atoms with Crippen LogP contribution in [0.15, 0.2) is 54.6 Å². The van der Waals surface area contributed by atoms with Gasteiger partial charge >= 0.3 is 0 Å². The number of aryl methyl sites for hydroxylation is 1. The van der Waals surface area contributed by atoms with Gasteiger partial charge in [0.1, 0.15) is 0 Å². The van der Waals surface area contributed by atoms with E-state index in [1.165, 1.54) is 5.56 Å². The van der Waals surface area contributed by atoms with E-state index in [4.69, 9.17) is 11.6 Å². The molecule has 0 aliphatic carbocycles. The van der Waals surface area contributed by atoms with Crippen LogP contribution >= 0.6 is 11.6 Å². The molecule has 0 radical (unpaired) electrons. The molecule has 0 aliphatic rings. The van der Waals surface area contributed by atoms with Crippen molar-refractivity contribution in [2.75, 3.05) is 18.4 Å². The van der Waals surface area contributed by atoms with Gasteiger partial charge in [-0.2, -0.15) is 0 Å². The molecule has 4 heteroatoms. The minimum atomic E-state index is -0.00201. The van der Waals surface area contributed by atoms with E-state index in [1.807, 2.05) is 18.2 Å². The summed E-state index contributed by atoms with van der Waals surface area (Å²) in [5.41, 5.74) is 2.09. The van der Waals surface area contributed by atoms with Gasteiger partial charge < -0.3 is 10.6 Å². The molecule has 0 saturated carbocycles. The molecule has 2 aromatic carbocycles. The number of anilines is 1. The summed E-state index contributed by atoms with van der Waals surface area (Å²) in [7, 11) is 0. The van der Waals surface area contributed by atoms with E-state index in [-0.39, 0.29) is 5.91 Å². The lowest BCUT2D eigenvalue weighted by atomic mass is 10.1. The summed E-state index contributed by atoms with van der Waals surface area (Å²) in [6.07, 6.45) is 2.58. The fourth-order valence-electron chi connectivity index (χ4n) is 2.18. The molecule has 1 amide bonds. The predicted octanol–water partition coefficient (Wildman–Crippen LogP) is 3.89. The van der Waals surface area contributed by atoms with Crippen molar-refractivity contribution in [3.8, 4) is 0 Å². The monoisotopic (exact) mass is 316 g/mol. The Balaban J connectivity index is 1.56. The number of nitrogens with one attached hydrogen (secondary N) is 2. The highest BCUT2D eigenvalue weighted by Crippen LogP contribution is 2.14. The minimum Gasteiger partial charge on any atom is -0.326 e. The van der Waals surface area contributed by atoms with E-state index in [0.717, 1.165) is 25.1 Å². The zero-order valence-corrected chi connectivity index (χ0v) is 13.3. The van der Waals surface area contributed by atoms with Gasteiger partial charge in [-0.25, -0.2) is 0 Å². The van der Waals surface area contributed by atoms with Crippen LogP contribution in [-0.2, 0) is 11.2 Å². The number of amides is 1. The second-order valence-electron chi connectivity index (χ2n) is 5.15. The molecule has 22 heavy (non-hydrogen) atoms. The van der Waals surface area contributed by atoms with Gasteiger partial charge in [0.2, 0.25) is 5.91 Å². The molecular formula is C18H21ClN2O. The van der Waals surface area contributed by atoms with Crippen molar-refractivity contribution in [3.05, 3.63) is 65.2 Å². The number of benzene rings is 2. The first-order valence-corrected chi connectivity index (χ1v) is 7.92. The summed E-state index contributed by atoms with van der Waals surface area (Å²) in [6.45, 7) is 1.60. The Bertz CT molecular complexity index is 587. The lowest BCUT2D eigenvalue weighted by molar-refractivity contribution is -0.116. The van der Waals surface area contributed by atoms with Crippen molar-refractivity contribution < 1.29 is 4.79 Å². The first-order valence-electron chi connectivity index (χ1n) is 7.54. The summed E-state index contributed by atoms with van der Waals surface area (Å²) in [5.74, 6) is -0.00201. The largest absolute Gasteiger partial charge is 0.326 e. The van der Waals surface area contributed by atoms with Gasteiger partial charge in [0.25, 0.3) is 0 Å². The van der Waals surface area contributed by atoms with Gasteiger partial charge in [-0.05, 0) is 43.1 Å². The molecule has 0 bridgehead atoms. The van der Waals surface area contributed by atoms with Crippen LogP contribution in [0.1, 0.15) is 18.4 Å². The summed E-state index contributed by atoms with van der Waals surface area (Å²) in [6, 6.07) is 17.6. The number of rotatable bonds is 8. The van der Waals surface area contributed by atoms with Crippen LogP contribution < -0.4 is 10.6 Å². The maximum atomic E-state index is 11.8. The van der Waals surface area contributed by atoms with E-state index < -0.39 is 0 Å². The number of halogens is 1. The Morgan fingerprint density at radius 3 is 2.59 bits per heavy atom. The predicted molar refractivity (Wildman–Crippen MR) is 92.3 cm³/mol. The molecule has 2 aromatic rings. The molecule has 0 aliphatic heterocycles. The maximum absolute atomic E-state index is 11.8. The summed E-state index contributed by atoms with van der Waals surface area (Å²) in [5, 5.41) is 6.75. The molecule has 0 spiro atoms. The number of carbonyl (C=O) groups is 1. The Hall–Kier alpha value is -1.84. The lowest BCUT2D eigenvalue weighted by Gasteiger charge is -2.07. The third-order valence-corrected chi connectivity index (χ3v) is 3.53. The third-order valence-electron chi connectivity index (χ3n) is 3.30. The highest BCUT2D eigenvalue weighted by atomic mass is 35.5. The third kappa shape index (κ3) is 6.29. The average Bonchev–Trinajstić information content (AvgIpc) is 2.52. The first-order chi connectivity index (χ1) is 10.7. The van der Waals surface area contributed by atoms with Gasteiger partial charge in [-0.1, -0.05) is 48.0 Å². The van der Waals surface area contributed by atoms with Gasteiger partial charge in [-0.3, -0.25) is 4.79 Å². The lowest BCUT2D eigenvalue weighted by Crippen LogP contribution is -2.22. The molecule has 0 aromatic heterocycles. The van der Waals surface area contributed by atoms with Crippen LogP contribution in [-0.4, -0.2) is 19.0 Å². The van der Waals surface area contributed by atoms with E-state index in [2.05, 4.69) is 34.9 Å². The van der Waals surface area contributed by atoms with Crippen molar-refractivity contribution in [3.63, 3.8) is 0 Å². The zero-order chi connectivity index (χ0) is 15.6. The van der Waals surface area contributed by atoms with Crippen molar-refractivity contribution in [1.29, 1.82) is 0 Å². The van der Waals surface area contributed by atoms with E-state index in [1.54, 1.807) is 12.1 Å². The SMILES string of the molecule is O=C(CCNCCCc1ccccc1)Nc1cccc(Cl)c1. The first kappa shape index (κ1) is 16.5. The Morgan fingerprint density at radius 2 is 1.82 bits per heavy atom. The molecule has 0 saturated heterocycles. The fourth-order valence-corrected chi connectivity index (χ4v) is 2.37. The summed E-state index contributed by atoms with van der Waals surface area (Å²) in [4.78, 5) is 11.8. The molecule has 2 N–H and O–H groups in total. The summed E-state index contributed by atoms with van der Waals surface area (Å²) < 4.78 is 0. The summed E-state index contributed by atoms with van der Waals surface area (Å²) >= 11 is 5.88. The van der Waals surface area contributed by atoms with Crippen LogP contribution in [0.25, 0.3) is 0 Å². The number of carbonyl (C=O) groups excluding carboxylic acids is 1. The van der Waals surface area contributed by atoms with Crippen molar-refractivity contribution in [2.24, 2.45) is 0 Å². The molecule has 2 rings (SSSR count). The standard InChI is InChI=1S/C18H21ClN2O/c19-16-9-4-10-17(14-16)21-18(22)11-13-20-12-5-8-15-6-2-1-3-7-15/h1-4,6-7,9-10,14,20H,5,8,11-13H2,(H,21,22). The number of hydrogen-bond acceptors (Lipinski definition) is 2. The Kier molecular flexibility index (Phi) is 6.94. The fraction of sp³-hybridized carbons (Fsp3) is 0.278. The quantitative estimate of drug-likeness (QED) is 0.725. The average molecular weight is 317 g/mol. The van der Waals surface area contributed by atoms with E-state index in [9.17, 15) is 4.79 Å². The molecule has 0 unspecified atom stereocenters. The van der Waals surface area contributed by atoms with Crippen LogP contribution in [0, 0.1) is 0 Å². The van der Waals surface area contributed by atoms with Crippen LogP contribution in [0.5, 0.6) is 0 Å². The van der Waals surface area contributed by atoms with E-state index in [0.29, 0.717) is 18.0 Å². The minimum absolute atomic E-state index is 0.00201.